The van der Waals surface area contributed by atoms with E-state index in [1.165, 1.54) is 25.3 Å². The van der Waals surface area contributed by atoms with E-state index in [4.69, 9.17) is 9.47 Å². The average Bonchev–Trinajstić information content (AvgIpc) is 2.58. The molecule has 25 heavy (non-hydrogen) atoms. The monoisotopic (exact) mass is 351 g/mol. The van der Waals surface area contributed by atoms with Gasteiger partial charge >= 0.3 is 6.18 Å². The predicted octanol–water partition coefficient (Wildman–Crippen LogP) is 4.34. The van der Waals surface area contributed by atoms with E-state index in [0.717, 1.165) is 17.7 Å². The van der Waals surface area contributed by atoms with Crippen molar-refractivity contribution in [1.82, 2.24) is 0 Å². The fourth-order valence-corrected chi connectivity index (χ4v) is 1.93. The SMILES string of the molecule is COCOc1ccc(/C=C/C(=O)Nc2cccc(C(F)(F)F)c2)cc1. The molecule has 2 rings (SSSR count). The van der Waals surface area contributed by atoms with Crippen LogP contribution in [-0.4, -0.2) is 19.8 Å². The molecule has 0 saturated carbocycles. The number of anilines is 1. The fraction of sp³-hybridized carbons (Fsp3) is 0.167. The standard InChI is InChI=1S/C18H16F3NO3/c1-24-12-25-16-8-5-13(6-9-16)7-10-17(23)22-15-4-2-3-14(11-15)18(19,20)21/h2-11H,12H2,1H3,(H,22,23)/b10-7+. The number of rotatable bonds is 6. The van der Waals surface area contributed by atoms with Crippen molar-refractivity contribution in [1.29, 1.82) is 0 Å². The molecule has 0 bridgehead atoms. The van der Waals surface area contributed by atoms with Gasteiger partial charge in [-0.1, -0.05) is 18.2 Å². The Bertz CT molecular complexity index is 740. The molecule has 0 spiro atoms. The number of benzene rings is 2. The molecule has 0 atom stereocenters. The number of carbonyl (C=O) groups is 1. The van der Waals surface area contributed by atoms with Crippen LogP contribution in [0, 0.1) is 0 Å². The summed E-state index contributed by atoms with van der Waals surface area (Å²) < 4.78 is 47.9. The average molecular weight is 351 g/mol. The lowest BCUT2D eigenvalue weighted by atomic mass is 10.2. The Morgan fingerprint density at radius 3 is 2.52 bits per heavy atom. The predicted molar refractivity (Wildman–Crippen MR) is 88.1 cm³/mol. The molecule has 132 valence electrons. The van der Waals surface area contributed by atoms with Crippen LogP contribution in [0.25, 0.3) is 6.08 Å². The van der Waals surface area contributed by atoms with Gasteiger partial charge in [-0.05, 0) is 42.0 Å². The molecule has 0 aliphatic carbocycles. The summed E-state index contributed by atoms with van der Waals surface area (Å²) in [5, 5.41) is 2.40. The molecule has 1 amide bonds. The third-order valence-electron chi connectivity index (χ3n) is 3.11. The molecular weight excluding hydrogens is 335 g/mol. The lowest BCUT2D eigenvalue weighted by molar-refractivity contribution is -0.137. The molecule has 7 heteroatoms. The Hall–Kier alpha value is -2.80. The number of halogens is 3. The van der Waals surface area contributed by atoms with Crippen LogP contribution in [0.3, 0.4) is 0 Å². The normalized spacial score (nSPS) is 11.5. The molecule has 0 heterocycles. The zero-order valence-corrected chi connectivity index (χ0v) is 13.3. The third kappa shape index (κ3) is 5.96. The van der Waals surface area contributed by atoms with Crippen LogP contribution in [-0.2, 0) is 15.7 Å². The number of ether oxygens (including phenoxy) is 2. The van der Waals surface area contributed by atoms with Crippen molar-refractivity contribution in [3.05, 3.63) is 65.7 Å². The molecule has 2 aromatic carbocycles. The zero-order chi connectivity index (χ0) is 18.3. The molecule has 0 fully saturated rings. The van der Waals surface area contributed by atoms with E-state index in [2.05, 4.69) is 5.32 Å². The van der Waals surface area contributed by atoms with Crippen LogP contribution in [0.2, 0.25) is 0 Å². The molecule has 0 radical (unpaired) electrons. The van der Waals surface area contributed by atoms with E-state index in [9.17, 15) is 18.0 Å². The highest BCUT2D eigenvalue weighted by Crippen LogP contribution is 2.30. The Kier molecular flexibility index (Phi) is 6.19. The number of carbonyl (C=O) groups excluding carboxylic acids is 1. The summed E-state index contributed by atoms with van der Waals surface area (Å²) >= 11 is 0. The number of amides is 1. The van der Waals surface area contributed by atoms with E-state index in [0.29, 0.717) is 5.75 Å². The van der Waals surface area contributed by atoms with Gasteiger partial charge in [-0.25, -0.2) is 0 Å². The maximum Gasteiger partial charge on any atom is 0.416 e. The van der Waals surface area contributed by atoms with Gasteiger partial charge in [0.1, 0.15) is 5.75 Å². The second-order valence-corrected chi connectivity index (χ2v) is 5.02. The van der Waals surface area contributed by atoms with Crippen molar-refractivity contribution in [2.45, 2.75) is 6.18 Å². The molecule has 0 aliphatic heterocycles. The van der Waals surface area contributed by atoms with Gasteiger partial charge in [0.15, 0.2) is 6.79 Å². The summed E-state index contributed by atoms with van der Waals surface area (Å²) in [6.07, 6.45) is -1.67. The third-order valence-corrected chi connectivity index (χ3v) is 3.11. The summed E-state index contributed by atoms with van der Waals surface area (Å²) in [5.41, 5.74) is -0.00215. The van der Waals surface area contributed by atoms with E-state index >= 15 is 0 Å². The summed E-state index contributed by atoms with van der Waals surface area (Å²) in [6, 6.07) is 11.3. The van der Waals surface area contributed by atoms with Crippen molar-refractivity contribution in [3.63, 3.8) is 0 Å². The first kappa shape index (κ1) is 18.5. The van der Waals surface area contributed by atoms with Gasteiger partial charge in [0.05, 0.1) is 5.56 Å². The summed E-state index contributed by atoms with van der Waals surface area (Å²) in [6.45, 7) is 0.134. The van der Waals surface area contributed by atoms with E-state index in [1.54, 1.807) is 30.3 Å². The Labute approximate surface area is 142 Å². The maximum absolute atomic E-state index is 12.6. The number of nitrogens with one attached hydrogen (secondary N) is 1. The van der Waals surface area contributed by atoms with Gasteiger partial charge in [0, 0.05) is 18.9 Å². The van der Waals surface area contributed by atoms with Crippen molar-refractivity contribution in [3.8, 4) is 5.75 Å². The number of hydrogen-bond acceptors (Lipinski definition) is 3. The summed E-state index contributed by atoms with van der Waals surface area (Å²) in [7, 11) is 1.51. The number of hydrogen-bond donors (Lipinski definition) is 1. The highest BCUT2D eigenvalue weighted by Gasteiger charge is 2.30. The molecule has 4 nitrogen and oxygen atoms in total. The lowest BCUT2D eigenvalue weighted by Crippen LogP contribution is -2.10. The summed E-state index contributed by atoms with van der Waals surface area (Å²) in [4.78, 5) is 11.8. The van der Waals surface area contributed by atoms with Crippen LogP contribution in [0.15, 0.2) is 54.6 Å². The first-order valence-electron chi connectivity index (χ1n) is 7.26. The lowest BCUT2D eigenvalue weighted by Gasteiger charge is -2.08. The van der Waals surface area contributed by atoms with Crippen LogP contribution >= 0.6 is 0 Å². The first-order valence-corrected chi connectivity index (χ1v) is 7.26. The van der Waals surface area contributed by atoms with E-state index in [1.807, 2.05) is 0 Å². The Morgan fingerprint density at radius 1 is 1.16 bits per heavy atom. The minimum atomic E-state index is -4.46. The van der Waals surface area contributed by atoms with Gasteiger partial charge in [0.2, 0.25) is 5.91 Å². The molecule has 2 aromatic rings. The number of methoxy groups -OCH3 is 1. The smallest absolute Gasteiger partial charge is 0.416 e. The topological polar surface area (TPSA) is 47.6 Å². The minimum Gasteiger partial charge on any atom is -0.468 e. The van der Waals surface area contributed by atoms with Crippen molar-refractivity contribution >= 4 is 17.7 Å². The van der Waals surface area contributed by atoms with Crippen molar-refractivity contribution < 1.29 is 27.4 Å². The van der Waals surface area contributed by atoms with Gasteiger partial charge < -0.3 is 14.8 Å². The van der Waals surface area contributed by atoms with Crippen LogP contribution < -0.4 is 10.1 Å². The van der Waals surface area contributed by atoms with Gasteiger partial charge in [-0.3, -0.25) is 4.79 Å². The molecule has 0 aromatic heterocycles. The minimum absolute atomic E-state index is 0.0767. The van der Waals surface area contributed by atoms with E-state index < -0.39 is 17.6 Å². The van der Waals surface area contributed by atoms with E-state index in [-0.39, 0.29) is 12.5 Å². The second-order valence-electron chi connectivity index (χ2n) is 5.02. The Balaban J connectivity index is 1.97. The van der Waals surface area contributed by atoms with Crippen LogP contribution in [0.4, 0.5) is 18.9 Å². The quantitative estimate of drug-likeness (QED) is 0.622. The van der Waals surface area contributed by atoms with Crippen LogP contribution in [0.5, 0.6) is 5.75 Å². The van der Waals surface area contributed by atoms with Crippen molar-refractivity contribution in [2.24, 2.45) is 0 Å². The molecule has 1 N–H and O–H groups in total. The maximum atomic E-state index is 12.6. The zero-order valence-electron chi connectivity index (χ0n) is 13.3. The fourth-order valence-electron chi connectivity index (χ4n) is 1.93. The molecule has 0 aliphatic rings. The van der Waals surface area contributed by atoms with Gasteiger partial charge in [-0.15, -0.1) is 0 Å². The molecule has 0 saturated heterocycles. The largest absolute Gasteiger partial charge is 0.468 e. The van der Waals surface area contributed by atoms with Crippen molar-refractivity contribution in [2.75, 3.05) is 19.2 Å². The van der Waals surface area contributed by atoms with Crippen LogP contribution in [0.1, 0.15) is 11.1 Å². The van der Waals surface area contributed by atoms with Gasteiger partial charge in [0.25, 0.3) is 0 Å². The summed E-state index contributed by atoms with van der Waals surface area (Å²) in [5.74, 6) is 0.0893. The molecular formula is C18H16F3NO3. The second kappa shape index (κ2) is 8.34. The van der Waals surface area contributed by atoms with Gasteiger partial charge in [-0.2, -0.15) is 13.2 Å². The highest BCUT2D eigenvalue weighted by molar-refractivity contribution is 6.01. The number of alkyl halides is 3. The highest BCUT2D eigenvalue weighted by atomic mass is 19.4. The Morgan fingerprint density at radius 2 is 1.88 bits per heavy atom. The molecule has 0 unspecified atom stereocenters. The first-order chi connectivity index (χ1) is 11.9.